The minimum absolute atomic E-state index is 0.0730. The van der Waals surface area contributed by atoms with Gasteiger partial charge in [0.05, 0.1) is 19.6 Å². The van der Waals surface area contributed by atoms with Crippen LogP contribution in [0.5, 0.6) is 5.75 Å². The maximum absolute atomic E-state index is 12.0. The average molecular weight is 264 g/mol. The van der Waals surface area contributed by atoms with E-state index >= 15 is 0 Å². The summed E-state index contributed by atoms with van der Waals surface area (Å²) in [5, 5.41) is 0. The number of hydrogen-bond acceptors (Lipinski definition) is 3. The molecular weight excluding hydrogens is 240 g/mol. The fraction of sp³-hybridized carbons (Fsp3) is 0.562. The van der Waals surface area contributed by atoms with Crippen molar-refractivity contribution in [3.05, 3.63) is 29.8 Å². The molecule has 3 nitrogen and oxygen atoms in total. The molecule has 0 saturated carbocycles. The zero-order chi connectivity index (χ0) is 14.1. The molecule has 1 rings (SSSR count). The smallest absolute Gasteiger partial charge is 0.309 e. The number of benzene rings is 1. The van der Waals surface area contributed by atoms with E-state index in [9.17, 15) is 4.79 Å². The van der Waals surface area contributed by atoms with Gasteiger partial charge in [0.25, 0.3) is 0 Å². The largest absolute Gasteiger partial charge is 0.496 e. The number of unbranched alkanes of at least 4 members (excludes halogenated alkanes) is 1. The maximum atomic E-state index is 12.0. The first kappa shape index (κ1) is 15.5. The van der Waals surface area contributed by atoms with Gasteiger partial charge in [-0.2, -0.15) is 0 Å². The molecule has 0 aliphatic heterocycles. The van der Waals surface area contributed by atoms with Gasteiger partial charge in [0.2, 0.25) is 0 Å². The van der Waals surface area contributed by atoms with Crippen LogP contribution in [0.2, 0.25) is 0 Å². The first-order chi connectivity index (χ1) is 9.22. The van der Waals surface area contributed by atoms with Crippen LogP contribution in [0.1, 0.15) is 38.7 Å². The second-order valence-electron chi connectivity index (χ2n) is 4.61. The topological polar surface area (TPSA) is 35.5 Å². The number of rotatable bonds is 8. The lowest BCUT2D eigenvalue weighted by Crippen LogP contribution is -2.20. The molecule has 19 heavy (non-hydrogen) atoms. The van der Waals surface area contributed by atoms with E-state index < -0.39 is 0 Å². The third-order valence-corrected chi connectivity index (χ3v) is 3.18. The molecule has 1 atom stereocenters. The Balaban J connectivity index is 2.77. The van der Waals surface area contributed by atoms with Gasteiger partial charge >= 0.3 is 5.97 Å². The van der Waals surface area contributed by atoms with Crippen LogP contribution in [0.3, 0.4) is 0 Å². The molecule has 0 fully saturated rings. The van der Waals surface area contributed by atoms with Crippen molar-refractivity contribution in [3.8, 4) is 5.75 Å². The first-order valence-corrected chi connectivity index (χ1v) is 7.01. The summed E-state index contributed by atoms with van der Waals surface area (Å²) in [4.78, 5) is 12.0. The van der Waals surface area contributed by atoms with E-state index in [0.717, 1.165) is 30.6 Å². The molecule has 0 radical (unpaired) electrons. The molecule has 1 aromatic rings. The lowest BCUT2D eigenvalue weighted by atomic mass is 9.94. The molecule has 1 unspecified atom stereocenters. The van der Waals surface area contributed by atoms with Gasteiger partial charge in [-0.25, -0.2) is 0 Å². The van der Waals surface area contributed by atoms with Crippen molar-refractivity contribution < 1.29 is 14.3 Å². The molecule has 1 aromatic carbocycles. The van der Waals surface area contributed by atoms with Crippen LogP contribution in [-0.2, 0) is 16.0 Å². The molecule has 0 saturated heterocycles. The van der Waals surface area contributed by atoms with Crippen molar-refractivity contribution >= 4 is 5.97 Å². The highest BCUT2D eigenvalue weighted by atomic mass is 16.5. The highest BCUT2D eigenvalue weighted by Crippen LogP contribution is 2.24. The zero-order valence-electron chi connectivity index (χ0n) is 12.1. The molecule has 0 aromatic heterocycles. The predicted octanol–water partition coefficient (Wildman–Crippen LogP) is 3.61. The molecular formula is C16H24O3. The van der Waals surface area contributed by atoms with Crippen LogP contribution < -0.4 is 4.74 Å². The van der Waals surface area contributed by atoms with Gasteiger partial charge in [0.1, 0.15) is 5.75 Å². The number of hydrogen-bond donors (Lipinski definition) is 0. The highest BCUT2D eigenvalue weighted by Gasteiger charge is 2.21. The summed E-state index contributed by atoms with van der Waals surface area (Å²) >= 11 is 0. The molecule has 0 heterocycles. The van der Waals surface area contributed by atoms with Crippen molar-refractivity contribution in [1.82, 2.24) is 0 Å². The van der Waals surface area contributed by atoms with Crippen molar-refractivity contribution in [1.29, 1.82) is 0 Å². The van der Waals surface area contributed by atoms with E-state index in [0.29, 0.717) is 13.0 Å². The third-order valence-electron chi connectivity index (χ3n) is 3.18. The number of methoxy groups -OCH3 is 1. The second kappa shape index (κ2) is 8.57. The van der Waals surface area contributed by atoms with Crippen LogP contribution in [0, 0.1) is 5.92 Å². The van der Waals surface area contributed by atoms with E-state index in [1.54, 1.807) is 7.11 Å². The Hall–Kier alpha value is -1.51. The van der Waals surface area contributed by atoms with Crippen LogP contribution >= 0.6 is 0 Å². The first-order valence-electron chi connectivity index (χ1n) is 7.01. The van der Waals surface area contributed by atoms with Gasteiger partial charge in [0, 0.05) is 0 Å². The Morgan fingerprint density at radius 2 is 2.00 bits per heavy atom. The fourth-order valence-corrected chi connectivity index (χ4v) is 2.15. The van der Waals surface area contributed by atoms with Crippen molar-refractivity contribution in [2.45, 2.75) is 39.5 Å². The minimum atomic E-state index is -0.0955. The molecule has 0 aliphatic carbocycles. The third kappa shape index (κ3) is 4.93. The summed E-state index contributed by atoms with van der Waals surface area (Å²) in [6.45, 7) is 4.41. The number of ether oxygens (including phenoxy) is 2. The van der Waals surface area contributed by atoms with Gasteiger partial charge in [-0.15, -0.1) is 0 Å². The van der Waals surface area contributed by atoms with E-state index in [4.69, 9.17) is 9.47 Å². The number of para-hydroxylation sites is 1. The molecule has 0 N–H and O–H groups in total. The molecule has 106 valence electrons. The zero-order valence-corrected chi connectivity index (χ0v) is 12.1. The van der Waals surface area contributed by atoms with Gasteiger partial charge < -0.3 is 9.47 Å². The number of carbonyl (C=O) groups is 1. The van der Waals surface area contributed by atoms with Crippen molar-refractivity contribution in [3.63, 3.8) is 0 Å². The predicted molar refractivity (Wildman–Crippen MR) is 76.3 cm³/mol. The molecule has 0 spiro atoms. The Morgan fingerprint density at radius 1 is 1.26 bits per heavy atom. The highest BCUT2D eigenvalue weighted by molar-refractivity contribution is 5.73. The second-order valence-corrected chi connectivity index (χ2v) is 4.61. The maximum Gasteiger partial charge on any atom is 0.309 e. The molecule has 0 amide bonds. The van der Waals surface area contributed by atoms with Crippen LogP contribution in [0.25, 0.3) is 0 Å². The fourth-order valence-electron chi connectivity index (χ4n) is 2.15. The Morgan fingerprint density at radius 3 is 2.63 bits per heavy atom. The summed E-state index contributed by atoms with van der Waals surface area (Å²) in [6.07, 6.45) is 3.68. The van der Waals surface area contributed by atoms with Crippen LogP contribution in [0.15, 0.2) is 24.3 Å². The standard InChI is InChI=1S/C16H24O3/c1-4-6-9-14(16(17)19-5-2)12-13-10-7-8-11-15(13)18-3/h7-8,10-11,14H,4-6,9,12H2,1-3H3. The average Bonchev–Trinajstić information content (AvgIpc) is 2.44. The molecule has 0 aliphatic rings. The Kier molecular flexibility index (Phi) is 7.01. The number of esters is 1. The lowest BCUT2D eigenvalue weighted by Gasteiger charge is -2.16. The molecule has 0 bridgehead atoms. The minimum Gasteiger partial charge on any atom is -0.496 e. The Bertz CT molecular complexity index is 387. The summed E-state index contributed by atoms with van der Waals surface area (Å²) < 4.78 is 10.5. The van der Waals surface area contributed by atoms with Gasteiger partial charge in [-0.1, -0.05) is 38.0 Å². The van der Waals surface area contributed by atoms with E-state index in [-0.39, 0.29) is 11.9 Å². The van der Waals surface area contributed by atoms with Gasteiger partial charge in [-0.05, 0) is 31.4 Å². The van der Waals surface area contributed by atoms with Crippen LogP contribution in [0.4, 0.5) is 0 Å². The van der Waals surface area contributed by atoms with Gasteiger partial charge in [0.15, 0.2) is 0 Å². The Labute approximate surface area is 115 Å². The van der Waals surface area contributed by atoms with Crippen LogP contribution in [-0.4, -0.2) is 19.7 Å². The number of carbonyl (C=O) groups excluding carboxylic acids is 1. The SMILES string of the molecule is CCCCC(Cc1ccccc1OC)C(=O)OCC. The van der Waals surface area contributed by atoms with Gasteiger partial charge in [-0.3, -0.25) is 4.79 Å². The van der Waals surface area contributed by atoms with Crippen molar-refractivity contribution in [2.24, 2.45) is 5.92 Å². The van der Waals surface area contributed by atoms with Crippen molar-refractivity contribution in [2.75, 3.05) is 13.7 Å². The quantitative estimate of drug-likeness (QED) is 0.673. The van der Waals surface area contributed by atoms with E-state index in [1.807, 2.05) is 31.2 Å². The molecule has 3 heteroatoms. The van der Waals surface area contributed by atoms with E-state index in [2.05, 4.69) is 6.92 Å². The van der Waals surface area contributed by atoms with E-state index in [1.165, 1.54) is 0 Å². The summed E-state index contributed by atoms with van der Waals surface area (Å²) in [5.74, 6) is 0.673. The summed E-state index contributed by atoms with van der Waals surface area (Å²) in [6, 6.07) is 7.85. The summed E-state index contributed by atoms with van der Waals surface area (Å²) in [7, 11) is 1.66. The normalized spacial score (nSPS) is 11.9. The monoisotopic (exact) mass is 264 g/mol. The summed E-state index contributed by atoms with van der Waals surface area (Å²) in [5.41, 5.74) is 1.07. The lowest BCUT2D eigenvalue weighted by molar-refractivity contribution is -0.148.